The fraction of sp³-hybridized carbons (Fsp3) is 0.720. The lowest BCUT2D eigenvalue weighted by atomic mass is 9.98. The van der Waals surface area contributed by atoms with E-state index in [9.17, 15) is 10.1 Å². The highest BCUT2D eigenvalue weighted by Crippen LogP contribution is 2.36. The van der Waals surface area contributed by atoms with Crippen LogP contribution in [-0.2, 0) is 17.7 Å². The van der Waals surface area contributed by atoms with Crippen LogP contribution in [0.25, 0.3) is 0 Å². The summed E-state index contributed by atoms with van der Waals surface area (Å²) in [5.74, 6) is 0.433. The van der Waals surface area contributed by atoms with Crippen LogP contribution in [0.5, 0.6) is 5.88 Å². The van der Waals surface area contributed by atoms with Gasteiger partial charge in [0.25, 0.3) is 0 Å². The first-order valence-corrected chi connectivity index (χ1v) is 12.4. The van der Waals surface area contributed by atoms with Crippen LogP contribution in [0, 0.1) is 11.3 Å². The second-order valence-corrected chi connectivity index (χ2v) is 10.7. The van der Waals surface area contributed by atoms with Gasteiger partial charge in [0.05, 0.1) is 11.4 Å². The molecular weight excluding hydrogens is 432 g/mol. The van der Waals surface area contributed by atoms with Crippen molar-refractivity contribution in [1.82, 2.24) is 20.1 Å². The van der Waals surface area contributed by atoms with Gasteiger partial charge < -0.3 is 29.5 Å². The minimum Gasteiger partial charge on any atom is -0.475 e. The molecule has 0 aliphatic carbocycles. The molecular formula is C25H38N6O3. The fourth-order valence-electron chi connectivity index (χ4n) is 5.14. The number of nitrogens with zero attached hydrogens (tertiary/aromatic N) is 5. The van der Waals surface area contributed by atoms with Crippen LogP contribution in [0.3, 0.4) is 0 Å². The number of ether oxygens (including phenoxy) is 2. The minimum atomic E-state index is -0.529. The van der Waals surface area contributed by atoms with Crippen molar-refractivity contribution in [2.24, 2.45) is 0 Å². The Kier molecular flexibility index (Phi) is 7.20. The number of aromatic nitrogens is 1. The SMILES string of the molecule is CC1CN(c2c(C#N)c(OC[C@@H]3CCCN3C)nc3c2CCNC3)CCN1C(=O)OC(C)(C)C. The molecule has 4 heterocycles. The second-order valence-electron chi connectivity index (χ2n) is 10.7. The molecule has 34 heavy (non-hydrogen) atoms. The first-order valence-electron chi connectivity index (χ1n) is 12.4. The maximum Gasteiger partial charge on any atom is 0.410 e. The molecule has 1 N–H and O–H groups in total. The largest absolute Gasteiger partial charge is 0.475 e. The zero-order valence-corrected chi connectivity index (χ0v) is 21.2. The number of amides is 1. The number of pyridine rings is 1. The van der Waals surface area contributed by atoms with E-state index in [1.807, 2.05) is 27.7 Å². The van der Waals surface area contributed by atoms with Gasteiger partial charge in [-0.3, -0.25) is 0 Å². The lowest BCUT2D eigenvalue weighted by Gasteiger charge is -2.42. The van der Waals surface area contributed by atoms with Gasteiger partial charge in [-0.05, 0) is 67.1 Å². The third-order valence-electron chi connectivity index (χ3n) is 6.93. The molecule has 186 valence electrons. The van der Waals surface area contributed by atoms with Gasteiger partial charge in [0.1, 0.15) is 23.8 Å². The van der Waals surface area contributed by atoms with Crippen LogP contribution in [0.15, 0.2) is 0 Å². The van der Waals surface area contributed by atoms with Gasteiger partial charge in [-0.1, -0.05) is 0 Å². The summed E-state index contributed by atoms with van der Waals surface area (Å²) in [4.78, 5) is 23.8. The Balaban J connectivity index is 1.59. The van der Waals surface area contributed by atoms with Gasteiger partial charge in [-0.15, -0.1) is 0 Å². The number of fused-ring (bicyclic) bond motifs is 1. The molecule has 0 bridgehead atoms. The molecule has 1 unspecified atom stereocenters. The van der Waals surface area contributed by atoms with Crippen molar-refractivity contribution in [3.05, 3.63) is 16.8 Å². The molecule has 0 saturated carbocycles. The first-order chi connectivity index (χ1) is 16.2. The van der Waals surface area contributed by atoms with E-state index < -0.39 is 5.60 Å². The van der Waals surface area contributed by atoms with Crippen molar-refractivity contribution >= 4 is 11.8 Å². The van der Waals surface area contributed by atoms with Crippen LogP contribution < -0.4 is 15.0 Å². The molecule has 9 heteroatoms. The molecule has 1 aromatic heterocycles. The van der Waals surface area contributed by atoms with Crippen LogP contribution in [-0.4, -0.2) is 84.9 Å². The lowest BCUT2D eigenvalue weighted by molar-refractivity contribution is 0.0159. The zero-order valence-electron chi connectivity index (χ0n) is 21.2. The van der Waals surface area contributed by atoms with Gasteiger partial charge in [-0.25, -0.2) is 9.78 Å². The fourth-order valence-corrected chi connectivity index (χ4v) is 5.14. The molecule has 0 radical (unpaired) electrons. The van der Waals surface area contributed by atoms with E-state index in [0.29, 0.717) is 50.3 Å². The summed E-state index contributed by atoms with van der Waals surface area (Å²) in [5.41, 5.74) is 2.99. The number of nitriles is 1. The third-order valence-corrected chi connectivity index (χ3v) is 6.93. The van der Waals surface area contributed by atoms with Crippen molar-refractivity contribution in [3.8, 4) is 11.9 Å². The van der Waals surface area contributed by atoms with E-state index in [4.69, 9.17) is 14.5 Å². The minimum absolute atomic E-state index is 0.0443. The third kappa shape index (κ3) is 5.23. The van der Waals surface area contributed by atoms with Gasteiger partial charge in [0.15, 0.2) is 0 Å². The average Bonchev–Trinajstić information content (AvgIpc) is 3.19. The van der Waals surface area contributed by atoms with Gasteiger partial charge in [0, 0.05) is 43.8 Å². The quantitative estimate of drug-likeness (QED) is 0.718. The molecule has 2 fully saturated rings. The number of hydrogen-bond donors (Lipinski definition) is 1. The average molecular weight is 471 g/mol. The first kappa shape index (κ1) is 24.6. The Hall–Kier alpha value is -2.57. The highest BCUT2D eigenvalue weighted by atomic mass is 16.6. The monoisotopic (exact) mass is 470 g/mol. The predicted molar refractivity (Wildman–Crippen MR) is 130 cm³/mol. The topological polar surface area (TPSA) is 94.0 Å². The molecule has 3 aliphatic heterocycles. The number of likely N-dealkylation sites (tertiary alicyclic amines) is 1. The molecule has 1 aromatic rings. The number of piperazine rings is 1. The highest BCUT2D eigenvalue weighted by Gasteiger charge is 2.34. The maximum absolute atomic E-state index is 12.7. The van der Waals surface area contributed by atoms with Crippen molar-refractivity contribution in [2.45, 2.75) is 71.2 Å². The van der Waals surface area contributed by atoms with Crippen molar-refractivity contribution < 1.29 is 14.3 Å². The molecule has 1 amide bonds. The Morgan fingerprint density at radius 1 is 1.29 bits per heavy atom. The summed E-state index contributed by atoms with van der Waals surface area (Å²) in [5, 5.41) is 13.6. The summed E-state index contributed by atoms with van der Waals surface area (Å²) in [6, 6.07) is 2.72. The predicted octanol–water partition coefficient (Wildman–Crippen LogP) is 2.52. The van der Waals surface area contributed by atoms with E-state index in [-0.39, 0.29) is 12.1 Å². The number of rotatable bonds is 4. The smallest absolute Gasteiger partial charge is 0.410 e. The van der Waals surface area contributed by atoms with E-state index in [1.54, 1.807) is 4.90 Å². The Morgan fingerprint density at radius 3 is 2.74 bits per heavy atom. The van der Waals surface area contributed by atoms with E-state index >= 15 is 0 Å². The molecule has 4 rings (SSSR count). The molecule has 0 aromatic carbocycles. The standard InChI is InChI=1S/C25H38N6O3/c1-17-15-30(11-12-31(17)24(32)34-25(2,3)4)22-19-8-9-27-14-21(19)28-23(20(22)13-26)33-16-18-7-6-10-29(18)5/h17-18,27H,6-12,14-16H2,1-5H3/t17?,18-/m0/s1. The normalized spacial score (nSPS) is 23.4. The molecule has 3 aliphatic rings. The van der Waals surface area contributed by atoms with Crippen LogP contribution in [0.1, 0.15) is 57.4 Å². The molecule has 2 saturated heterocycles. The highest BCUT2D eigenvalue weighted by molar-refractivity contribution is 5.72. The molecule has 9 nitrogen and oxygen atoms in total. The van der Waals surface area contributed by atoms with Crippen LogP contribution in [0.2, 0.25) is 0 Å². The van der Waals surface area contributed by atoms with Gasteiger partial charge in [0.2, 0.25) is 5.88 Å². The summed E-state index contributed by atoms with van der Waals surface area (Å²) in [6.45, 7) is 12.6. The molecule has 2 atom stereocenters. The number of anilines is 1. The van der Waals surface area contributed by atoms with E-state index in [1.165, 1.54) is 6.42 Å². The van der Waals surface area contributed by atoms with Crippen LogP contribution in [0.4, 0.5) is 10.5 Å². The Morgan fingerprint density at radius 2 is 2.09 bits per heavy atom. The number of carbonyl (C=O) groups is 1. The zero-order chi connectivity index (χ0) is 24.5. The summed E-state index contributed by atoms with van der Waals surface area (Å²) < 4.78 is 11.8. The summed E-state index contributed by atoms with van der Waals surface area (Å²) >= 11 is 0. The number of carbonyl (C=O) groups excluding carboxylic acids is 1. The van der Waals surface area contributed by atoms with Crippen molar-refractivity contribution in [3.63, 3.8) is 0 Å². The van der Waals surface area contributed by atoms with Crippen LogP contribution >= 0.6 is 0 Å². The van der Waals surface area contributed by atoms with Crippen molar-refractivity contribution in [2.75, 3.05) is 51.3 Å². The summed E-state index contributed by atoms with van der Waals surface area (Å²) in [6.07, 6.45) is 2.80. The Labute approximate surface area is 203 Å². The summed E-state index contributed by atoms with van der Waals surface area (Å²) in [7, 11) is 2.12. The van der Waals surface area contributed by atoms with Gasteiger partial charge in [-0.2, -0.15) is 5.26 Å². The van der Waals surface area contributed by atoms with E-state index in [2.05, 4.69) is 28.2 Å². The second kappa shape index (κ2) is 9.96. The number of hydrogen-bond acceptors (Lipinski definition) is 8. The van der Waals surface area contributed by atoms with Gasteiger partial charge >= 0.3 is 6.09 Å². The lowest BCUT2D eigenvalue weighted by Crippen LogP contribution is -2.55. The Bertz CT molecular complexity index is 953. The maximum atomic E-state index is 12.7. The number of nitrogens with one attached hydrogen (secondary N) is 1. The van der Waals surface area contributed by atoms with Crippen molar-refractivity contribution in [1.29, 1.82) is 5.26 Å². The molecule has 0 spiro atoms. The number of likely N-dealkylation sites (N-methyl/N-ethyl adjacent to an activating group) is 1. The van der Waals surface area contributed by atoms with E-state index in [0.717, 1.165) is 42.9 Å².